The molecule has 1 N–H and O–H groups in total. The van der Waals surface area contributed by atoms with E-state index >= 15 is 0 Å². The maximum Gasteiger partial charge on any atom is 0.302 e. The van der Waals surface area contributed by atoms with E-state index in [2.05, 4.69) is 19.9 Å². The van der Waals surface area contributed by atoms with E-state index in [1.165, 1.54) is 6.92 Å². The predicted molar refractivity (Wildman–Crippen MR) is 180 cm³/mol. The summed E-state index contributed by atoms with van der Waals surface area (Å²) in [6.07, 6.45) is 0. The molecular weight excluding hydrogens is 596 g/mol. The maximum atomic E-state index is 11.0. The minimum Gasteiger partial charge on any atom is -0.464 e. The smallest absolute Gasteiger partial charge is 0.302 e. The van der Waals surface area contributed by atoms with Crippen LogP contribution in [0.25, 0.3) is 22.1 Å². The molecule has 244 valence electrons. The molecule has 0 aliphatic rings. The normalized spacial score (nSPS) is 11.0. The molecular formula is C36H40N6O5. The van der Waals surface area contributed by atoms with Crippen molar-refractivity contribution in [2.24, 2.45) is 0 Å². The number of fused-ring (bicyclic) bond motifs is 2. The van der Waals surface area contributed by atoms with E-state index in [1.54, 1.807) is 0 Å². The van der Waals surface area contributed by atoms with E-state index in [4.69, 9.17) is 14.2 Å². The van der Waals surface area contributed by atoms with Crippen LogP contribution in [0.3, 0.4) is 0 Å². The molecule has 0 unspecified atom stereocenters. The Bertz CT molecular complexity index is 2020. The molecule has 6 rings (SSSR count). The zero-order valence-electron chi connectivity index (χ0n) is 27.9. The van der Waals surface area contributed by atoms with Gasteiger partial charge in [-0.1, -0.05) is 36.4 Å². The van der Waals surface area contributed by atoms with E-state index in [0.29, 0.717) is 42.7 Å². The molecule has 0 radical (unpaired) electrons. The number of aliphatic hydroxyl groups is 1. The highest BCUT2D eigenvalue weighted by molar-refractivity contribution is 5.85. The number of ether oxygens (including phenoxy) is 3. The number of pyridine rings is 2. The first-order chi connectivity index (χ1) is 22.6. The van der Waals surface area contributed by atoms with Gasteiger partial charge in [0.2, 0.25) is 11.8 Å². The van der Waals surface area contributed by atoms with Gasteiger partial charge in [-0.2, -0.15) is 0 Å². The third-order valence-electron chi connectivity index (χ3n) is 7.92. The van der Waals surface area contributed by atoms with E-state index < -0.39 is 0 Å². The van der Waals surface area contributed by atoms with Gasteiger partial charge in [-0.25, -0.2) is 19.9 Å². The van der Waals surface area contributed by atoms with Gasteiger partial charge in [0.05, 0.1) is 24.2 Å². The van der Waals surface area contributed by atoms with Gasteiger partial charge in [0, 0.05) is 24.9 Å². The monoisotopic (exact) mass is 636 g/mol. The number of benzene rings is 2. The first-order valence-corrected chi connectivity index (χ1v) is 15.5. The Kier molecular flexibility index (Phi) is 10.2. The van der Waals surface area contributed by atoms with Crippen molar-refractivity contribution in [3.63, 3.8) is 0 Å². The van der Waals surface area contributed by atoms with E-state index in [0.717, 1.165) is 56.5 Å². The highest BCUT2D eigenvalue weighted by Crippen LogP contribution is 2.33. The predicted octanol–water partition coefficient (Wildman–Crippen LogP) is 6.85. The summed E-state index contributed by atoms with van der Waals surface area (Å²) in [7, 11) is 0. The summed E-state index contributed by atoms with van der Waals surface area (Å²) in [4.78, 5) is 29.4. The molecule has 11 heteroatoms. The van der Waals surface area contributed by atoms with Gasteiger partial charge in [-0.3, -0.25) is 4.79 Å². The Balaban J connectivity index is 0.000000186. The zero-order chi connectivity index (χ0) is 33.7. The SMILES string of the molecule is CC(=O)OCCn1c(C)nc2c(Oc3ccccc3)nc(C)c(C)c21.Cc1nc(Oc2ccccc2)c2nc(C)n(CCO)c2c1C. The molecule has 0 spiro atoms. The quantitative estimate of drug-likeness (QED) is 0.170. The lowest BCUT2D eigenvalue weighted by Gasteiger charge is -2.12. The Morgan fingerprint density at radius 2 is 1.09 bits per heavy atom. The third-order valence-corrected chi connectivity index (χ3v) is 7.92. The number of hydrogen-bond donors (Lipinski definition) is 1. The van der Waals surface area contributed by atoms with Crippen molar-refractivity contribution >= 4 is 28.0 Å². The summed E-state index contributed by atoms with van der Waals surface area (Å²) < 4.78 is 21.0. The lowest BCUT2D eigenvalue weighted by molar-refractivity contribution is -0.141. The molecule has 0 saturated heterocycles. The van der Waals surface area contributed by atoms with Crippen molar-refractivity contribution in [2.45, 2.75) is 61.6 Å². The van der Waals surface area contributed by atoms with E-state index in [9.17, 15) is 9.90 Å². The molecule has 0 amide bonds. The minimum atomic E-state index is -0.287. The summed E-state index contributed by atoms with van der Waals surface area (Å²) in [5, 5.41) is 9.29. The van der Waals surface area contributed by atoms with Gasteiger partial charge in [-0.05, 0) is 76.9 Å². The van der Waals surface area contributed by atoms with Crippen LogP contribution in [-0.4, -0.2) is 53.4 Å². The number of aryl methyl sites for hydroxylation is 6. The Morgan fingerprint density at radius 1 is 0.660 bits per heavy atom. The number of carbonyl (C=O) groups excluding carboxylic acids is 1. The molecule has 4 aromatic heterocycles. The van der Waals surface area contributed by atoms with Crippen molar-refractivity contribution in [2.75, 3.05) is 13.2 Å². The number of hydrogen-bond acceptors (Lipinski definition) is 9. The highest BCUT2D eigenvalue weighted by atomic mass is 16.5. The summed E-state index contributed by atoms with van der Waals surface area (Å²) >= 11 is 0. The molecule has 0 saturated carbocycles. The van der Waals surface area contributed by atoms with Crippen molar-refractivity contribution in [1.29, 1.82) is 0 Å². The van der Waals surface area contributed by atoms with Crippen LogP contribution in [0.5, 0.6) is 23.3 Å². The zero-order valence-corrected chi connectivity index (χ0v) is 27.9. The summed E-state index contributed by atoms with van der Waals surface area (Å²) in [5.74, 6) is 3.82. The van der Waals surface area contributed by atoms with Crippen LogP contribution in [0.1, 0.15) is 41.1 Å². The van der Waals surface area contributed by atoms with Crippen molar-refractivity contribution in [3.05, 3.63) is 94.8 Å². The number of esters is 1. The molecule has 4 heterocycles. The number of aromatic nitrogens is 6. The number of nitrogens with zero attached hydrogens (tertiary/aromatic N) is 6. The first-order valence-electron chi connectivity index (χ1n) is 15.5. The fourth-order valence-corrected chi connectivity index (χ4v) is 5.38. The van der Waals surface area contributed by atoms with E-state index in [1.807, 2.05) is 111 Å². The van der Waals surface area contributed by atoms with Crippen LogP contribution in [0.15, 0.2) is 60.7 Å². The van der Waals surface area contributed by atoms with Crippen LogP contribution in [-0.2, 0) is 22.6 Å². The van der Waals surface area contributed by atoms with Crippen LogP contribution >= 0.6 is 0 Å². The van der Waals surface area contributed by atoms with Crippen molar-refractivity contribution in [3.8, 4) is 23.3 Å². The van der Waals surface area contributed by atoms with E-state index in [-0.39, 0.29) is 12.6 Å². The van der Waals surface area contributed by atoms with Crippen molar-refractivity contribution in [1.82, 2.24) is 29.1 Å². The number of para-hydroxylation sites is 2. The third kappa shape index (κ3) is 7.25. The van der Waals surface area contributed by atoms with Gasteiger partial charge in [-0.15, -0.1) is 0 Å². The highest BCUT2D eigenvalue weighted by Gasteiger charge is 2.20. The second kappa shape index (κ2) is 14.4. The average Bonchev–Trinajstić information content (AvgIpc) is 3.56. The molecule has 0 atom stereocenters. The van der Waals surface area contributed by atoms with Gasteiger partial charge in [0.1, 0.15) is 29.8 Å². The molecule has 0 aliphatic heterocycles. The summed E-state index contributed by atoms with van der Waals surface area (Å²) in [6, 6.07) is 19.1. The average molecular weight is 637 g/mol. The van der Waals surface area contributed by atoms with Crippen LogP contribution in [0.4, 0.5) is 0 Å². The molecule has 47 heavy (non-hydrogen) atoms. The number of carbonyl (C=O) groups is 1. The first kappa shape index (κ1) is 33.1. The molecule has 0 fully saturated rings. The van der Waals surface area contributed by atoms with Crippen molar-refractivity contribution < 1.29 is 24.1 Å². The van der Waals surface area contributed by atoms with Gasteiger partial charge in [0.25, 0.3) is 0 Å². The summed E-state index contributed by atoms with van der Waals surface area (Å²) in [6.45, 7) is 14.6. The lowest BCUT2D eigenvalue weighted by Crippen LogP contribution is -2.10. The van der Waals surface area contributed by atoms with Crippen LogP contribution in [0, 0.1) is 41.5 Å². The Hall–Kier alpha value is -5.29. The Labute approximate surface area is 273 Å². The Morgan fingerprint density at radius 3 is 1.49 bits per heavy atom. The number of imidazole rings is 2. The second-order valence-electron chi connectivity index (χ2n) is 11.2. The molecule has 0 bridgehead atoms. The minimum absolute atomic E-state index is 0.0714. The maximum absolute atomic E-state index is 11.0. The fraction of sp³-hybridized carbons (Fsp3) is 0.306. The van der Waals surface area contributed by atoms with Crippen LogP contribution < -0.4 is 9.47 Å². The molecule has 6 aromatic rings. The standard InChI is InChI=1S/C19H21N3O3.C17H19N3O2/c1-12-13(2)20-19(25-16-8-6-5-7-9-16)17-18(12)22(14(3)21-17)10-11-24-15(4)23;1-11-12(2)18-17(22-14-7-5-4-6-8-14)15-16(11)20(9-10-21)13(3)19-15/h5-9H,10-11H2,1-4H3;4-8,21H,9-10H2,1-3H3. The largest absolute Gasteiger partial charge is 0.464 e. The van der Waals surface area contributed by atoms with Gasteiger partial charge in [0.15, 0.2) is 11.0 Å². The lowest BCUT2D eigenvalue weighted by atomic mass is 10.2. The molecule has 11 nitrogen and oxygen atoms in total. The van der Waals surface area contributed by atoms with Crippen LogP contribution in [0.2, 0.25) is 0 Å². The molecule has 2 aromatic carbocycles. The second-order valence-corrected chi connectivity index (χ2v) is 11.2. The fourth-order valence-electron chi connectivity index (χ4n) is 5.38. The number of rotatable bonds is 9. The topological polar surface area (TPSA) is 126 Å². The number of aliphatic hydroxyl groups excluding tert-OH is 1. The molecule has 0 aliphatic carbocycles. The summed E-state index contributed by atoms with van der Waals surface area (Å²) in [5.41, 5.74) is 7.27. The van der Waals surface area contributed by atoms with Gasteiger partial charge < -0.3 is 28.5 Å². The van der Waals surface area contributed by atoms with Gasteiger partial charge >= 0.3 is 5.97 Å².